The van der Waals surface area contributed by atoms with Gasteiger partial charge in [0, 0.05) is 11.8 Å². The van der Waals surface area contributed by atoms with E-state index in [1.165, 1.54) is 0 Å². The molecule has 0 spiro atoms. The smallest absolute Gasteiger partial charge is 0.290 e. The Morgan fingerprint density at radius 1 is 1.20 bits per heavy atom. The lowest BCUT2D eigenvalue weighted by molar-refractivity contribution is -0.0494. The van der Waals surface area contributed by atoms with Gasteiger partial charge in [-0.05, 0) is 31.5 Å². The second-order valence-electron chi connectivity index (χ2n) is 6.49. The summed E-state index contributed by atoms with van der Waals surface area (Å²) in [6, 6.07) is 15.4. The van der Waals surface area contributed by atoms with Gasteiger partial charge in [-0.25, -0.2) is 4.98 Å². The van der Waals surface area contributed by atoms with Crippen LogP contribution in [-0.4, -0.2) is 35.0 Å². The molecule has 3 heterocycles. The number of morpholine rings is 1. The molecule has 4 rings (SSSR count). The van der Waals surface area contributed by atoms with Gasteiger partial charge in [0.15, 0.2) is 11.3 Å². The van der Waals surface area contributed by atoms with Crippen LogP contribution in [0.2, 0.25) is 0 Å². The van der Waals surface area contributed by atoms with Crippen molar-refractivity contribution < 1.29 is 13.9 Å². The average Bonchev–Trinajstić information content (AvgIpc) is 3.05. The predicted molar refractivity (Wildman–Crippen MR) is 94.4 cm³/mol. The number of carbonyl (C=O) groups is 1. The minimum atomic E-state index is -0.119. The molecule has 0 N–H and O–H groups in total. The van der Waals surface area contributed by atoms with Gasteiger partial charge in [0.25, 0.3) is 5.91 Å². The maximum absolute atomic E-state index is 13.0. The molecule has 128 valence electrons. The van der Waals surface area contributed by atoms with Crippen molar-refractivity contribution in [1.29, 1.82) is 0 Å². The van der Waals surface area contributed by atoms with E-state index in [0.29, 0.717) is 30.0 Å². The highest BCUT2D eigenvalue weighted by Crippen LogP contribution is 2.27. The van der Waals surface area contributed by atoms with E-state index in [1.54, 1.807) is 6.07 Å². The number of amides is 1. The average molecular weight is 336 g/mol. The van der Waals surface area contributed by atoms with Gasteiger partial charge in [0.05, 0.1) is 19.2 Å². The number of hydrogen-bond donors (Lipinski definition) is 0. The molecule has 5 heteroatoms. The number of aromatic nitrogens is 1. The van der Waals surface area contributed by atoms with E-state index in [2.05, 4.69) is 4.98 Å². The van der Waals surface area contributed by atoms with Crippen molar-refractivity contribution in [3.8, 4) is 0 Å². The number of ether oxygens (including phenoxy) is 1. The number of pyridine rings is 1. The van der Waals surface area contributed by atoms with Gasteiger partial charge in [-0.15, -0.1) is 0 Å². The third-order valence-corrected chi connectivity index (χ3v) is 4.59. The van der Waals surface area contributed by atoms with Crippen LogP contribution in [0, 0.1) is 6.92 Å². The van der Waals surface area contributed by atoms with Crippen LogP contribution < -0.4 is 0 Å². The van der Waals surface area contributed by atoms with Gasteiger partial charge in [-0.2, -0.15) is 0 Å². The van der Waals surface area contributed by atoms with Gasteiger partial charge in [-0.1, -0.05) is 30.3 Å². The number of carbonyl (C=O) groups excluding carboxylic acids is 1. The molecule has 5 nitrogen and oxygen atoms in total. The second kappa shape index (κ2) is 6.33. The zero-order chi connectivity index (χ0) is 17.4. The molecule has 1 saturated heterocycles. The van der Waals surface area contributed by atoms with Crippen LogP contribution in [0.15, 0.2) is 52.9 Å². The molecule has 1 aromatic carbocycles. The van der Waals surface area contributed by atoms with E-state index in [-0.39, 0.29) is 18.1 Å². The lowest BCUT2D eigenvalue weighted by atomic mass is 10.1. The zero-order valence-corrected chi connectivity index (χ0v) is 14.3. The number of benzene rings is 1. The van der Waals surface area contributed by atoms with Crippen LogP contribution >= 0.6 is 0 Å². The molecule has 2 aromatic heterocycles. The van der Waals surface area contributed by atoms with E-state index in [4.69, 9.17) is 9.15 Å². The molecule has 0 radical (unpaired) electrons. The van der Waals surface area contributed by atoms with Crippen molar-refractivity contribution in [1.82, 2.24) is 9.88 Å². The first-order chi connectivity index (χ1) is 12.1. The van der Waals surface area contributed by atoms with Gasteiger partial charge in [0.1, 0.15) is 11.6 Å². The molecule has 3 aromatic rings. The summed E-state index contributed by atoms with van der Waals surface area (Å²) >= 11 is 0. The Bertz CT molecular complexity index is 904. The molecular weight excluding hydrogens is 316 g/mol. The fraction of sp³-hybridized carbons (Fsp3) is 0.300. The maximum Gasteiger partial charge on any atom is 0.290 e. The molecule has 0 aliphatic carbocycles. The van der Waals surface area contributed by atoms with E-state index in [1.807, 2.05) is 61.2 Å². The van der Waals surface area contributed by atoms with Crippen LogP contribution in [-0.2, 0) is 4.74 Å². The number of aryl methyl sites for hydroxylation is 1. The molecule has 1 aliphatic rings. The fourth-order valence-electron chi connectivity index (χ4n) is 3.18. The molecule has 1 aliphatic heterocycles. The lowest BCUT2D eigenvalue weighted by Gasteiger charge is -2.37. The molecule has 0 unspecified atom stereocenters. The Balaban J connectivity index is 1.60. The summed E-state index contributed by atoms with van der Waals surface area (Å²) < 4.78 is 11.7. The van der Waals surface area contributed by atoms with E-state index < -0.39 is 0 Å². The fourth-order valence-corrected chi connectivity index (χ4v) is 3.18. The third kappa shape index (κ3) is 3.03. The van der Waals surface area contributed by atoms with Crippen molar-refractivity contribution >= 4 is 17.0 Å². The summed E-state index contributed by atoms with van der Waals surface area (Å²) in [5.74, 6) is 0.209. The van der Waals surface area contributed by atoms with Crippen molar-refractivity contribution in [3.05, 3.63) is 65.5 Å². The van der Waals surface area contributed by atoms with Gasteiger partial charge in [0.2, 0.25) is 0 Å². The second-order valence-corrected chi connectivity index (χ2v) is 6.49. The van der Waals surface area contributed by atoms with E-state index in [0.717, 1.165) is 11.3 Å². The summed E-state index contributed by atoms with van der Waals surface area (Å²) in [7, 11) is 0. The number of furan rings is 1. The minimum absolute atomic E-state index is 0.00429. The van der Waals surface area contributed by atoms with Crippen LogP contribution in [0.25, 0.3) is 11.1 Å². The standard InChI is InChI=1S/C20H20N2O3/c1-13-8-9-17-16(21-13)10-18(25-17)20(23)22-11-19(24-12-14(22)2)15-6-4-3-5-7-15/h3-10,14,19H,11-12H2,1-2H3/t14-,19+/m1/s1. The van der Waals surface area contributed by atoms with Crippen LogP contribution in [0.3, 0.4) is 0 Å². The monoisotopic (exact) mass is 336 g/mol. The molecule has 0 bridgehead atoms. The summed E-state index contributed by atoms with van der Waals surface area (Å²) in [4.78, 5) is 19.2. The maximum atomic E-state index is 13.0. The van der Waals surface area contributed by atoms with Crippen molar-refractivity contribution in [3.63, 3.8) is 0 Å². The third-order valence-electron chi connectivity index (χ3n) is 4.59. The Labute approximate surface area is 146 Å². The topological polar surface area (TPSA) is 55.6 Å². The summed E-state index contributed by atoms with van der Waals surface area (Å²) in [6.45, 7) is 4.92. The number of fused-ring (bicyclic) bond motifs is 1. The Morgan fingerprint density at radius 2 is 2.00 bits per heavy atom. The first-order valence-corrected chi connectivity index (χ1v) is 8.46. The van der Waals surface area contributed by atoms with Crippen molar-refractivity contribution in [2.24, 2.45) is 0 Å². The summed E-state index contributed by atoms with van der Waals surface area (Å²) in [6.07, 6.45) is -0.119. The van der Waals surface area contributed by atoms with Crippen molar-refractivity contribution in [2.75, 3.05) is 13.2 Å². The van der Waals surface area contributed by atoms with Gasteiger partial charge in [-0.3, -0.25) is 4.79 Å². The molecule has 1 amide bonds. The van der Waals surface area contributed by atoms with Crippen LogP contribution in [0.1, 0.15) is 34.8 Å². The minimum Gasteiger partial charge on any atom is -0.449 e. The Morgan fingerprint density at radius 3 is 2.80 bits per heavy atom. The first kappa shape index (κ1) is 15.8. The highest BCUT2D eigenvalue weighted by molar-refractivity contribution is 5.95. The van der Waals surface area contributed by atoms with Gasteiger partial charge < -0.3 is 14.1 Å². The van der Waals surface area contributed by atoms with Crippen LogP contribution in [0.5, 0.6) is 0 Å². The highest BCUT2D eigenvalue weighted by atomic mass is 16.5. The molecule has 1 fully saturated rings. The Hall–Kier alpha value is -2.66. The largest absolute Gasteiger partial charge is 0.449 e. The predicted octanol–water partition coefficient (Wildman–Crippen LogP) is 3.74. The number of hydrogen-bond acceptors (Lipinski definition) is 4. The molecular formula is C20H20N2O3. The molecule has 25 heavy (non-hydrogen) atoms. The quantitative estimate of drug-likeness (QED) is 0.715. The van der Waals surface area contributed by atoms with Crippen LogP contribution in [0.4, 0.5) is 0 Å². The summed E-state index contributed by atoms with van der Waals surface area (Å²) in [5, 5.41) is 0. The molecule has 2 atom stereocenters. The van der Waals surface area contributed by atoms with E-state index in [9.17, 15) is 4.79 Å². The van der Waals surface area contributed by atoms with E-state index >= 15 is 0 Å². The van der Waals surface area contributed by atoms with Crippen molar-refractivity contribution in [2.45, 2.75) is 26.0 Å². The lowest BCUT2D eigenvalue weighted by Crippen LogP contribution is -2.48. The normalized spacial score (nSPS) is 20.8. The Kier molecular flexibility index (Phi) is 4.01. The SMILES string of the molecule is Cc1ccc2oc(C(=O)N3C[C@@H](c4ccccc4)OC[C@H]3C)cc2n1. The molecule has 0 saturated carbocycles. The summed E-state index contributed by atoms with van der Waals surface area (Å²) in [5.41, 5.74) is 3.32. The zero-order valence-electron chi connectivity index (χ0n) is 14.3. The first-order valence-electron chi connectivity index (χ1n) is 8.46. The highest BCUT2D eigenvalue weighted by Gasteiger charge is 2.32. The number of nitrogens with zero attached hydrogens (tertiary/aromatic N) is 2. The number of rotatable bonds is 2. The van der Waals surface area contributed by atoms with Gasteiger partial charge >= 0.3 is 0 Å².